The van der Waals surface area contributed by atoms with Crippen molar-refractivity contribution >= 4 is 0 Å². The minimum atomic E-state index is -2.46. The molecule has 0 spiro atoms. The number of hydrogen-bond donors (Lipinski definition) is 5. The Kier molecular flexibility index (Phi) is 7.92. The summed E-state index contributed by atoms with van der Waals surface area (Å²) in [7, 11) is 0. The second-order valence-electron chi connectivity index (χ2n) is 2.16. The van der Waals surface area contributed by atoms with Crippen molar-refractivity contribution in [3.8, 4) is 0 Å². The van der Waals surface area contributed by atoms with Crippen molar-refractivity contribution in [2.24, 2.45) is 0 Å². The lowest BCUT2D eigenvalue weighted by atomic mass is 10.4. The molecule has 0 radical (unpaired) electrons. The van der Waals surface area contributed by atoms with Gasteiger partial charge >= 0.3 is 0 Å². The Bertz CT molecular complexity index is 75.5. The Morgan fingerprint density at radius 2 is 1.45 bits per heavy atom. The molecule has 0 aliphatic heterocycles. The van der Waals surface area contributed by atoms with Crippen LogP contribution in [0, 0.1) is 0 Å². The smallest absolute Gasteiger partial charge is 0.274 e. The van der Waals surface area contributed by atoms with Crippen LogP contribution in [0.5, 0.6) is 0 Å². The lowest BCUT2D eigenvalue weighted by molar-refractivity contribution is -0.312. The molecule has 0 saturated heterocycles. The van der Waals surface area contributed by atoms with Crippen molar-refractivity contribution in [3.63, 3.8) is 0 Å². The van der Waals surface area contributed by atoms with E-state index >= 15 is 0 Å². The fourth-order valence-electron chi connectivity index (χ4n) is 0. The number of hydrogen-bond acceptors (Lipinski definition) is 5. The van der Waals surface area contributed by atoms with E-state index in [1.54, 1.807) is 0 Å². The van der Waals surface area contributed by atoms with Gasteiger partial charge in [-0.1, -0.05) is 6.92 Å². The molecule has 0 aliphatic rings. The summed E-state index contributed by atoms with van der Waals surface area (Å²) in [5, 5.41) is 39.8. The van der Waals surface area contributed by atoms with Crippen molar-refractivity contribution in [2.75, 3.05) is 6.61 Å². The van der Waals surface area contributed by atoms with Crippen LogP contribution in [-0.2, 0) is 0 Å². The van der Waals surface area contributed by atoms with Gasteiger partial charge in [-0.25, -0.2) is 0 Å². The summed E-state index contributed by atoms with van der Waals surface area (Å²) in [4.78, 5) is 0. The molecule has 5 N–H and O–H groups in total. The van der Waals surface area contributed by atoms with Gasteiger partial charge in [-0.2, -0.15) is 0 Å². The highest BCUT2D eigenvalue weighted by Crippen LogP contribution is 1.95. The molecule has 0 fully saturated rings. The molecule has 0 aromatic carbocycles. The van der Waals surface area contributed by atoms with E-state index in [2.05, 4.69) is 0 Å². The van der Waals surface area contributed by atoms with E-state index in [4.69, 9.17) is 25.5 Å². The first-order chi connectivity index (χ1) is 4.83. The van der Waals surface area contributed by atoms with Gasteiger partial charge in [0, 0.05) is 6.42 Å². The fraction of sp³-hybridized carbons (Fsp3) is 1.00. The van der Waals surface area contributed by atoms with Crippen LogP contribution < -0.4 is 0 Å². The SMILES string of the molecule is CC(O)CO.CCC(O)(O)O. The van der Waals surface area contributed by atoms with Gasteiger partial charge in [0.05, 0.1) is 12.7 Å². The van der Waals surface area contributed by atoms with Crippen LogP contribution in [-0.4, -0.2) is 44.2 Å². The molecular weight excluding hydrogens is 152 g/mol. The van der Waals surface area contributed by atoms with Crippen LogP contribution in [0.1, 0.15) is 20.3 Å². The van der Waals surface area contributed by atoms with E-state index in [0.717, 1.165) is 0 Å². The Labute approximate surface area is 65.5 Å². The standard InChI is InChI=1S/C3H8O3.C3H8O2/c1-2-3(4,5)6;1-3(5)2-4/h4-6H,2H2,1H3;3-5H,2H2,1H3. The van der Waals surface area contributed by atoms with Gasteiger partial charge in [-0.05, 0) is 6.92 Å². The first kappa shape index (κ1) is 13.4. The molecule has 11 heavy (non-hydrogen) atoms. The third kappa shape index (κ3) is 25.9. The van der Waals surface area contributed by atoms with Gasteiger partial charge in [0.25, 0.3) is 5.97 Å². The minimum Gasteiger partial charge on any atom is -0.394 e. The van der Waals surface area contributed by atoms with Crippen LogP contribution in [0.25, 0.3) is 0 Å². The van der Waals surface area contributed by atoms with E-state index in [1.165, 1.54) is 13.8 Å². The summed E-state index contributed by atoms with van der Waals surface area (Å²) in [6.45, 7) is 2.85. The molecular formula is C6H16O5. The summed E-state index contributed by atoms with van der Waals surface area (Å²) >= 11 is 0. The Hall–Kier alpha value is -0.200. The normalized spacial score (nSPS) is 13.4. The van der Waals surface area contributed by atoms with Crippen molar-refractivity contribution in [2.45, 2.75) is 32.3 Å². The van der Waals surface area contributed by atoms with Gasteiger partial charge in [0.15, 0.2) is 0 Å². The van der Waals surface area contributed by atoms with Crippen LogP contribution in [0.3, 0.4) is 0 Å². The molecule has 0 aliphatic carbocycles. The molecule has 1 unspecified atom stereocenters. The topological polar surface area (TPSA) is 101 Å². The maximum Gasteiger partial charge on any atom is 0.274 e. The zero-order valence-electron chi connectivity index (χ0n) is 6.73. The molecule has 5 heteroatoms. The predicted molar refractivity (Wildman–Crippen MR) is 38.4 cm³/mol. The van der Waals surface area contributed by atoms with Crippen molar-refractivity contribution in [1.82, 2.24) is 0 Å². The summed E-state index contributed by atoms with van der Waals surface area (Å²) in [6.07, 6.45) is -0.623. The van der Waals surface area contributed by atoms with Crippen molar-refractivity contribution < 1.29 is 25.5 Å². The summed E-state index contributed by atoms with van der Waals surface area (Å²) in [6, 6.07) is 0. The van der Waals surface area contributed by atoms with E-state index in [0.29, 0.717) is 0 Å². The Morgan fingerprint density at radius 3 is 1.45 bits per heavy atom. The summed E-state index contributed by atoms with van der Waals surface area (Å²) in [5.74, 6) is -2.46. The van der Waals surface area contributed by atoms with E-state index in [1.807, 2.05) is 0 Å². The van der Waals surface area contributed by atoms with E-state index in [-0.39, 0.29) is 13.0 Å². The van der Waals surface area contributed by atoms with E-state index in [9.17, 15) is 0 Å². The first-order valence-corrected chi connectivity index (χ1v) is 3.29. The monoisotopic (exact) mass is 168 g/mol. The van der Waals surface area contributed by atoms with Crippen LogP contribution in [0.2, 0.25) is 0 Å². The molecule has 0 bridgehead atoms. The first-order valence-electron chi connectivity index (χ1n) is 3.29. The number of aliphatic hydroxyl groups excluding tert-OH is 2. The molecule has 1 atom stereocenters. The third-order valence-electron chi connectivity index (χ3n) is 0.739. The molecule has 0 saturated carbocycles. The lowest BCUT2D eigenvalue weighted by Gasteiger charge is -2.08. The Balaban J connectivity index is 0. The second kappa shape index (κ2) is 6.51. The van der Waals surface area contributed by atoms with Gasteiger partial charge in [0.2, 0.25) is 0 Å². The van der Waals surface area contributed by atoms with Crippen molar-refractivity contribution in [1.29, 1.82) is 0 Å². The molecule has 0 aromatic heterocycles. The second-order valence-corrected chi connectivity index (χ2v) is 2.16. The fourth-order valence-corrected chi connectivity index (χ4v) is 0. The number of rotatable bonds is 2. The maximum absolute atomic E-state index is 8.11. The minimum absolute atomic E-state index is 0.0625. The Morgan fingerprint density at radius 1 is 1.27 bits per heavy atom. The molecule has 5 nitrogen and oxygen atoms in total. The summed E-state index contributed by atoms with van der Waals surface area (Å²) < 4.78 is 0. The molecule has 0 amide bonds. The van der Waals surface area contributed by atoms with Gasteiger partial charge < -0.3 is 25.5 Å². The predicted octanol–water partition coefficient (Wildman–Crippen LogP) is -1.61. The number of aliphatic hydroxyl groups is 5. The van der Waals surface area contributed by atoms with Crippen LogP contribution >= 0.6 is 0 Å². The summed E-state index contributed by atoms with van der Waals surface area (Å²) in [5.41, 5.74) is 0. The van der Waals surface area contributed by atoms with Crippen LogP contribution in [0.15, 0.2) is 0 Å². The molecule has 0 rings (SSSR count). The van der Waals surface area contributed by atoms with Crippen molar-refractivity contribution in [3.05, 3.63) is 0 Å². The van der Waals surface area contributed by atoms with Gasteiger partial charge in [-0.3, -0.25) is 0 Å². The van der Waals surface area contributed by atoms with Gasteiger partial charge in [-0.15, -0.1) is 0 Å². The van der Waals surface area contributed by atoms with Gasteiger partial charge in [0.1, 0.15) is 0 Å². The van der Waals surface area contributed by atoms with Crippen LogP contribution in [0.4, 0.5) is 0 Å². The van der Waals surface area contributed by atoms with E-state index < -0.39 is 12.1 Å². The average molecular weight is 168 g/mol. The highest BCUT2D eigenvalue weighted by Gasteiger charge is 2.11. The molecule has 0 heterocycles. The average Bonchev–Trinajstić information content (AvgIpc) is 1.88. The third-order valence-corrected chi connectivity index (χ3v) is 0.739. The highest BCUT2D eigenvalue weighted by atomic mass is 16.7. The maximum atomic E-state index is 8.11. The zero-order valence-corrected chi connectivity index (χ0v) is 6.73. The zero-order chi connectivity index (χ0) is 9.49. The quantitative estimate of drug-likeness (QED) is 0.319. The molecule has 0 aromatic rings. The molecule has 70 valence electrons. The largest absolute Gasteiger partial charge is 0.394 e. The lowest BCUT2D eigenvalue weighted by Crippen LogP contribution is -2.24. The highest BCUT2D eigenvalue weighted by molar-refractivity contribution is 4.35.